The highest BCUT2D eigenvalue weighted by atomic mass is 32.2. The Bertz CT molecular complexity index is 879. The minimum Gasteiger partial charge on any atom is -0.378 e. The third kappa shape index (κ3) is 5.07. The van der Waals surface area contributed by atoms with Gasteiger partial charge >= 0.3 is 0 Å². The van der Waals surface area contributed by atoms with E-state index in [1.165, 1.54) is 11.8 Å². The summed E-state index contributed by atoms with van der Waals surface area (Å²) in [5.41, 5.74) is 3.14. The summed E-state index contributed by atoms with van der Waals surface area (Å²) in [4.78, 5) is 24.6. The molecule has 0 spiro atoms. The number of pyridine rings is 1. The van der Waals surface area contributed by atoms with Gasteiger partial charge in [0, 0.05) is 51.3 Å². The first kappa shape index (κ1) is 18.9. The van der Waals surface area contributed by atoms with Crippen molar-refractivity contribution in [2.75, 3.05) is 31.8 Å². The Kier molecular flexibility index (Phi) is 6.08. The second-order valence-corrected chi connectivity index (χ2v) is 7.24. The fourth-order valence-electron chi connectivity index (χ4n) is 2.45. The zero-order valence-electron chi connectivity index (χ0n) is 15.6. The summed E-state index contributed by atoms with van der Waals surface area (Å²) in [6.07, 6.45) is 3.41. The number of hydrogen-bond acceptors (Lipinski definition) is 6. The molecule has 2 heterocycles. The molecule has 0 aliphatic heterocycles. The topological polar surface area (TPSA) is 78.0 Å². The summed E-state index contributed by atoms with van der Waals surface area (Å²) in [5.74, 6) is 0.994. The van der Waals surface area contributed by atoms with E-state index < -0.39 is 0 Å². The average Bonchev–Trinajstić information content (AvgIpc) is 3.16. The van der Waals surface area contributed by atoms with Gasteiger partial charge in [-0.25, -0.2) is 4.98 Å². The van der Waals surface area contributed by atoms with Crippen molar-refractivity contribution < 1.29 is 4.79 Å². The van der Waals surface area contributed by atoms with Gasteiger partial charge in [0.15, 0.2) is 5.82 Å². The number of carbonyl (C=O) groups excluding carboxylic acids is 1. The highest BCUT2D eigenvalue weighted by Crippen LogP contribution is 2.19. The summed E-state index contributed by atoms with van der Waals surface area (Å²) in [6, 6.07) is 11.9. The van der Waals surface area contributed by atoms with E-state index >= 15 is 0 Å². The molecule has 1 amide bonds. The molecule has 1 aromatic carbocycles. The Morgan fingerprint density at radius 2 is 1.78 bits per heavy atom. The molecular weight excluding hydrogens is 360 g/mol. The third-order valence-electron chi connectivity index (χ3n) is 4.04. The summed E-state index contributed by atoms with van der Waals surface area (Å²) in [6.45, 7) is 0.573. The lowest BCUT2D eigenvalue weighted by atomic mass is 10.2. The molecule has 3 aromatic rings. The molecule has 0 saturated carbocycles. The lowest BCUT2D eigenvalue weighted by molar-refractivity contribution is -0.127. The molecule has 0 aliphatic rings. The Hall–Kier alpha value is -2.87. The fourth-order valence-corrected chi connectivity index (χ4v) is 3.19. The van der Waals surface area contributed by atoms with Gasteiger partial charge in [-0.2, -0.15) is 0 Å². The molecular formula is C19H22N6OS. The summed E-state index contributed by atoms with van der Waals surface area (Å²) in [7, 11) is 5.82. The fraction of sp³-hybridized carbons (Fsp3) is 0.263. The summed E-state index contributed by atoms with van der Waals surface area (Å²) in [5, 5.41) is 7.61. The number of amides is 1. The molecule has 1 N–H and O–H groups in total. The Morgan fingerprint density at radius 3 is 2.44 bits per heavy atom. The highest BCUT2D eigenvalue weighted by Gasteiger charge is 2.13. The van der Waals surface area contributed by atoms with Crippen LogP contribution in [0.2, 0.25) is 0 Å². The first-order valence-electron chi connectivity index (χ1n) is 8.49. The number of anilines is 1. The second kappa shape index (κ2) is 8.68. The monoisotopic (exact) mass is 382 g/mol. The van der Waals surface area contributed by atoms with Gasteiger partial charge < -0.3 is 9.80 Å². The lowest BCUT2D eigenvalue weighted by Gasteiger charge is -2.18. The predicted octanol–water partition coefficient (Wildman–Crippen LogP) is 2.68. The standard InChI is InChI=1S/C19H22N6OS/c1-24(2)16-6-4-14(5-7-16)12-25(3)17(26)13-27-19-21-18(22-23-19)15-8-10-20-11-9-15/h4-11H,12-13H2,1-3H3,(H,21,22,23). The number of nitrogens with one attached hydrogen (secondary N) is 1. The molecule has 0 radical (unpaired) electrons. The van der Waals surface area contributed by atoms with E-state index in [0.717, 1.165) is 16.8 Å². The molecule has 0 atom stereocenters. The van der Waals surface area contributed by atoms with Crippen LogP contribution in [0.1, 0.15) is 5.56 Å². The first-order valence-corrected chi connectivity index (χ1v) is 9.47. The number of benzene rings is 1. The van der Waals surface area contributed by atoms with Gasteiger partial charge in [0.05, 0.1) is 5.75 Å². The van der Waals surface area contributed by atoms with Crippen LogP contribution in [0.5, 0.6) is 0 Å². The van der Waals surface area contributed by atoms with Gasteiger partial charge in [0.2, 0.25) is 11.1 Å². The number of nitrogens with zero attached hydrogens (tertiary/aromatic N) is 5. The van der Waals surface area contributed by atoms with E-state index in [9.17, 15) is 4.79 Å². The van der Waals surface area contributed by atoms with Crippen LogP contribution >= 0.6 is 11.8 Å². The van der Waals surface area contributed by atoms with Crippen LogP contribution < -0.4 is 4.90 Å². The lowest BCUT2D eigenvalue weighted by Crippen LogP contribution is -2.27. The van der Waals surface area contributed by atoms with E-state index in [-0.39, 0.29) is 5.91 Å². The van der Waals surface area contributed by atoms with Crippen LogP contribution in [-0.4, -0.2) is 57.9 Å². The smallest absolute Gasteiger partial charge is 0.233 e. The first-order chi connectivity index (χ1) is 13.0. The van der Waals surface area contributed by atoms with Crippen molar-refractivity contribution >= 4 is 23.4 Å². The Morgan fingerprint density at radius 1 is 1.07 bits per heavy atom. The van der Waals surface area contributed by atoms with Crippen LogP contribution in [0.15, 0.2) is 53.9 Å². The van der Waals surface area contributed by atoms with E-state index in [1.807, 2.05) is 50.3 Å². The molecule has 8 heteroatoms. The van der Waals surface area contributed by atoms with Crippen LogP contribution in [0.3, 0.4) is 0 Å². The molecule has 0 aliphatic carbocycles. The van der Waals surface area contributed by atoms with Crippen LogP contribution in [0.25, 0.3) is 11.4 Å². The number of rotatable bonds is 7. The number of thioether (sulfide) groups is 1. The highest BCUT2D eigenvalue weighted by molar-refractivity contribution is 7.99. The molecule has 7 nitrogen and oxygen atoms in total. The van der Waals surface area contributed by atoms with E-state index in [0.29, 0.717) is 23.3 Å². The molecule has 2 aromatic heterocycles. The summed E-state index contributed by atoms with van der Waals surface area (Å²) < 4.78 is 0. The number of hydrogen-bond donors (Lipinski definition) is 1. The molecule has 0 unspecified atom stereocenters. The maximum atomic E-state index is 12.4. The number of aromatic amines is 1. The Balaban J connectivity index is 1.52. The maximum absolute atomic E-state index is 12.4. The third-order valence-corrected chi connectivity index (χ3v) is 4.87. The van der Waals surface area contributed by atoms with Crippen molar-refractivity contribution in [3.63, 3.8) is 0 Å². The molecule has 140 valence electrons. The van der Waals surface area contributed by atoms with Gasteiger partial charge in [-0.3, -0.25) is 14.9 Å². The van der Waals surface area contributed by atoms with Gasteiger partial charge in [-0.1, -0.05) is 23.9 Å². The maximum Gasteiger partial charge on any atom is 0.233 e. The minimum absolute atomic E-state index is 0.0342. The molecule has 3 rings (SSSR count). The zero-order valence-corrected chi connectivity index (χ0v) is 16.4. The molecule has 0 fully saturated rings. The molecule has 0 bridgehead atoms. The average molecular weight is 382 g/mol. The van der Waals surface area contributed by atoms with Crippen molar-refractivity contribution in [2.24, 2.45) is 0 Å². The van der Waals surface area contributed by atoms with Gasteiger partial charge in [-0.15, -0.1) is 5.10 Å². The number of H-pyrrole nitrogens is 1. The van der Waals surface area contributed by atoms with Crippen LogP contribution in [0.4, 0.5) is 5.69 Å². The van der Waals surface area contributed by atoms with Gasteiger partial charge in [-0.05, 0) is 29.8 Å². The largest absolute Gasteiger partial charge is 0.378 e. The molecule has 0 saturated heterocycles. The number of carbonyl (C=O) groups is 1. The van der Waals surface area contributed by atoms with Crippen molar-refractivity contribution in [3.05, 3.63) is 54.4 Å². The van der Waals surface area contributed by atoms with E-state index in [2.05, 4.69) is 32.3 Å². The minimum atomic E-state index is 0.0342. The molecule has 27 heavy (non-hydrogen) atoms. The quantitative estimate of drug-likeness (QED) is 0.633. The summed E-state index contributed by atoms with van der Waals surface area (Å²) >= 11 is 1.32. The number of aromatic nitrogens is 4. The second-order valence-electron chi connectivity index (χ2n) is 6.30. The van der Waals surface area contributed by atoms with Gasteiger partial charge in [0.1, 0.15) is 0 Å². The van der Waals surface area contributed by atoms with Crippen molar-refractivity contribution in [3.8, 4) is 11.4 Å². The van der Waals surface area contributed by atoms with Crippen molar-refractivity contribution in [1.29, 1.82) is 0 Å². The predicted molar refractivity (Wildman–Crippen MR) is 108 cm³/mol. The van der Waals surface area contributed by atoms with Crippen LogP contribution in [-0.2, 0) is 11.3 Å². The van der Waals surface area contributed by atoms with Crippen LogP contribution in [0, 0.1) is 0 Å². The normalized spacial score (nSPS) is 10.6. The van der Waals surface area contributed by atoms with Crippen molar-refractivity contribution in [2.45, 2.75) is 11.7 Å². The van der Waals surface area contributed by atoms with E-state index in [4.69, 9.17) is 0 Å². The van der Waals surface area contributed by atoms with Gasteiger partial charge in [0.25, 0.3) is 0 Å². The van der Waals surface area contributed by atoms with Crippen molar-refractivity contribution in [1.82, 2.24) is 25.1 Å². The SMILES string of the molecule is CN(Cc1ccc(N(C)C)cc1)C(=O)CSc1n[nH]c(-c2ccncc2)n1. The zero-order chi connectivity index (χ0) is 19.2. The Labute approximate surface area is 162 Å². The van der Waals surface area contributed by atoms with E-state index in [1.54, 1.807) is 17.3 Å².